The van der Waals surface area contributed by atoms with E-state index in [-0.39, 0.29) is 5.91 Å². The normalized spacial score (nSPS) is 11.6. The van der Waals surface area contributed by atoms with Crippen molar-refractivity contribution in [1.82, 2.24) is 0 Å². The molecule has 1 aromatic heterocycles. The lowest BCUT2D eigenvalue weighted by atomic mass is 9.97. The molecule has 5 rings (SSSR count). The molecule has 0 saturated carbocycles. The second-order valence-corrected chi connectivity index (χ2v) is 8.31. The van der Waals surface area contributed by atoms with Crippen molar-refractivity contribution in [2.24, 2.45) is 0 Å². The molecule has 4 aromatic carbocycles. The van der Waals surface area contributed by atoms with E-state index in [1.165, 1.54) is 10.8 Å². The highest BCUT2D eigenvalue weighted by Crippen LogP contribution is 2.38. The van der Waals surface area contributed by atoms with Crippen molar-refractivity contribution in [3.05, 3.63) is 96.8 Å². The van der Waals surface area contributed by atoms with Gasteiger partial charge in [-0.25, -0.2) is 0 Å². The molecule has 0 unspecified atom stereocenters. The largest absolute Gasteiger partial charge is 0.497 e. The number of allylic oxidation sites excluding steroid dienone is 1. The number of carbonyl (C=O) groups excluding carboxylic acids is 1. The first kappa shape index (κ1) is 22.3. The summed E-state index contributed by atoms with van der Waals surface area (Å²) in [6.45, 7) is 1.90. The predicted molar refractivity (Wildman–Crippen MR) is 141 cm³/mol. The molecule has 1 N–H and O–H groups in total. The standard InChI is InChI=1S/C30H25NO4/c1-19(14-30(32)31-23-10-12-24(33-2)13-11-23)25-16-26-27(18-35-29(26)17-28(25)34-3)22-9-8-20-6-4-5-7-21(20)15-22/h4-18H,1-3H3,(H,31,32)/b19-14+. The van der Waals surface area contributed by atoms with Crippen LogP contribution in [0.25, 0.3) is 38.4 Å². The lowest BCUT2D eigenvalue weighted by molar-refractivity contribution is -0.111. The van der Waals surface area contributed by atoms with Gasteiger partial charge in [0, 0.05) is 34.3 Å². The van der Waals surface area contributed by atoms with Crippen LogP contribution in [0.1, 0.15) is 12.5 Å². The van der Waals surface area contributed by atoms with E-state index in [2.05, 4.69) is 35.6 Å². The van der Waals surface area contributed by atoms with Crippen molar-refractivity contribution in [3.8, 4) is 22.6 Å². The zero-order valence-corrected chi connectivity index (χ0v) is 19.8. The molecule has 1 amide bonds. The van der Waals surface area contributed by atoms with Gasteiger partial charge in [-0.05, 0) is 65.2 Å². The first-order chi connectivity index (χ1) is 17.1. The van der Waals surface area contributed by atoms with Crippen LogP contribution in [0.4, 0.5) is 5.69 Å². The van der Waals surface area contributed by atoms with Gasteiger partial charge in [-0.15, -0.1) is 0 Å². The number of carbonyl (C=O) groups is 1. The number of hydrogen-bond donors (Lipinski definition) is 1. The molecule has 0 aliphatic heterocycles. The molecule has 0 aliphatic carbocycles. The van der Waals surface area contributed by atoms with Crippen LogP contribution in [0.15, 0.2) is 95.6 Å². The van der Waals surface area contributed by atoms with Crippen LogP contribution in [-0.2, 0) is 4.79 Å². The van der Waals surface area contributed by atoms with Gasteiger partial charge in [0.05, 0.1) is 20.5 Å². The first-order valence-electron chi connectivity index (χ1n) is 11.3. The number of anilines is 1. The molecule has 5 nitrogen and oxygen atoms in total. The highest BCUT2D eigenvalue weighted by atomic mass is 16.5. The maximum absolute atomic E-state index is 12.7. The molecule has 0 fully saturated rings. The number of rotatable bonds is 6. The molecule has 1 heterocycles. The number of methoxy groups -OCH3 is 2. The van der Waals surface area contributed by atoms with E-state index < -0.39 is 0 Å². The quantitative estimate of drug-likeness (QED) is 0.268. The van der Waals surface area contributed by atoms with Gasteiger partial charge in [-0.2, -0.15) is 0 Å². The average molecular weight is 464 g/mol. The van der Waals surface area contributed by atoms with Crippen LogP contribution in [0.3, 0.4) is 0 Å². The van der Waals surface area contributed by atoms with E-state index in [1.807, 2.05) is 31.2 Å². The summed E-state index contributed by atoms with van der Waals surface area (Å²) >= 11 is 0. The Bertz CT molecular complexity index is 1560. The van der Waals surface area contributed by atoms with Crippen LogP contribution in [0.2, 0.25) is 0 Å². The summed E-state index contributed by atoms with van der Waals surface area (Å²) in [4.78, 5) is 12.7. The van der Waals surface area contributed by atoms with Gasteiger partial charge in [-0.1, -0.05) is 36.4 Å². The zero-order valence-electron chi connectivity index (χ0n) is 19.8. The highest BCUT2D eigenvalue weighted by molar-refractivity contribution is 6.05. The summed E-state index contributed by atoms with van der Waals surface area (Å²) in [5.74, 6) is 1.15. The molecule has 0 saturated heterocycles. The fourth-order valence-corrected chi connectivity index (χ4v) is 4.24. The number of furan rings is 1. The maximum atomic E-state index is 12.7. The minimum atomic E-state index is -0.225. The van der Waals surface area contributed by atoms with Crippen molar-refractivity contribution >= 4 is 38.9 Å². The van der Waals surface area contributed by atoms with Gasteiger partial charge in [0.15, 0.2) is 0 Å². The Kier molecular flexibility index (Phi) is 5.98. The Morgan fingerprint density at radius 1 is 0.886 bits per heavy atom. The van der Waals surface area contributed by atoms with Gasteiger partial charge in [0.25, 0.3) is 0 Å². The summed E-state index contributed by atoms with van der Waals surface area (Å²) in [7, 11) is 3.22. The molecule has 0 bridgehead atoms. The number of nitrogens with one attached hydrogen (secondary N) is 1. The van der Waals surface area contributed by atoms with Gasteiger partial charge in [0.1, 0.15) is 17.1 Å². The molecule has 5 aromatic rings. The number of amides is 1. The predicted octanol–water partition coefficient (Wildman–Crippen LogP) is 7.31. The third kappa shape index (κ3) is 4.49. The van der Waals surface area contributed by atoms with Crippen molar-refractivity contribution in [2.75, 3.05) is 19.5 Å². The summed E-state index contributed by atoms with van der Waals surface area (Å²) in [5.41, 5.74) is 5.08. The molecule has 35 heavy (non-hydrogen) atoms. The molecule has 174 valence electrons. The van der Waals surface area contributed by atoms with Crippen LogP contribution in [0, 0.1) is 0 Å². The number of benzene rings is 4. The molecule has 5 heteroatoms. The van der Waals surface area contributed by atoms with E-state index >= 15 is 0 Å². The summed E-state index contributed by atoms with van der Waals surface area (Å²) < 4.78 is 16.7. The van der Waals surface area contributed by atoms with E-state index in [4.69, 9.17) is 13.9 Å². The molecule has 0 atom stereocenters. The second kappa shape index (κ2) is 9.39. The Labute approximate surface area is 203 Å². The number of hydrogen-bond acceptors (Lipinski definition) is 4. The van der Waals surface area contributed by atoms with E-state index in [1.54, 1.807) is 50.8 Å². The van der Waals surface area contributed by atoms with Crippen LogP contribution < -0.4 is 14.8 Å². The zero-order chi connectivity index (χ0) is 24.4. The van der Waals surface area contributed by atoms with Crippen molar-refractivity contribution in [2.45, 2.75) is 6.92 Å². The molecule has 0 radical (unpaired) electrons. The smallest absolute Gasteiger partial charge is 0.248 e. The molecule has 0 aliphatic rings. The first-order valence-corrected chi connectivity index (χ1v) is 11.3. The van der Waals surface area contributed by atoms with Crippen LogP contribution >= 0.6 is 0 Å². The van der Waals surface area contributed by atoms with Crippen LogP contribution in [-0.4, -0.2) is 20.1 Å². The van der Waals surface area contributed by atoms with Crippen molar-refractivity contribution in [1.29, 1.82) is 0 Å². The maximum Gasteiger partial charge on any atom is 0.248 e. The minimum absolute atomic E-state index is 0.225. The topological polar surface area (TPSA) is 60.7 Å². The lowest BCUT2D eigenvalue weighted by Gasteiger charge is -2.10. The Morgan fingerprint density at radius 3 is 2.40 bits per heavy atom. The molecular formula is C30H25NO4. The number of ether oxygens (including phenoxy) is 2. The van der Waals surface area contributed by atoms with Gasteiger partial charge < -0.3 is 19.2 Å². The summed E-state index contributed by atoms with van der Waals surface area (Å²) in [6, 6.07) is 25.7. The molecular weight excluding hydrogens is 438 g/mol. The van der Waals surface area contributed by atoms with Gasteiger partial charge in [0.2, 0.25) is 5.91 Å². The third-order valence-corrected chi connectivity index (χ3v) is 6.09. The highest BCUT2D eigenvalue weighted by Gasteiger charge is 2.15. The van der Waals surface area contributed by atoms with Crippen LogP contribution in [0.5, 0.6) is 11.5 Å². The van der Waals surface area contributed by atoms with Gasteiger partial charge >= 0.3 is 0 Å². The fraction of sp³-hybridized carbons (Fsp3) is 0.100. The minimum Gasteiger partial charge on any atom is -0.497 e. The van der Waals surface area contributed by atoms with E-state index in [0.29, 0.717) is 11.4 Å². The molecule has 0 spiro atoms. The van der Waals surface area contributed by atoms with Crippen molar-refractivity contribution < 1.29 is 18.7 Å². The number of fused-ring (bicyclic) bond motifs is 2. The lowest BCUT2D eigenvalue weighted by Crippen LogP contribution is -2.08. The third-order valence-electron chi connectivity index (χ3n) is 6.09. The second-order valence-electron chi connectivity index (χ2n) is 8.31. The Hall–Kier alpha value is -4.51. The monoisotopic (exact) mass is 463 g/mol. The average Bonchev–Trinajstić information content (AvgIpc) is 3.30. The van der Waals surface area contributed by atoms with E-state index in [0.717, 1.165) is 39.0 Å². The fourth-order valence-electron chi connectivity index (χ4n) is 4.24. The summed E-state index contributed by atoms with van der Waals surface area (Å²) in [5, 5.41) is 6.20. The summed E-state index contributed by atoms with van der Waals surface area (Å²) in [6.07, 6.45) is 3.34. The Balaban J connectivity index is 1.50. The van der Waals surface area contributed by atoms with E-state index in [9.17, 15) is 4.79 Å². The van der Waals surface area contributed by atoms with Gasteiger partial charge in [-0.3, -0.25) is 4.79 Å². The SMILES string of the molecule is COc1ccc(NC(=O)/C=C(\C)c2cc3c(-c4ccc5ccccc5c4)coc3cc2OC)cc1. The van der Waals surface area contributed by atoms with Crippen molar-refractivity contribution in [3.63, 3.8) is 0 Å². The Morgan fingerprint density at radius 2 is 1.66 bits per heavy atom.